The van der Waals surface area contributed by atoms with Crippen LogP contribution in [0.3, 0.4) is 0 Å². The number of fused-ring (bicyclic) bond motifs is 3. The molecular formula is C18H14N4O. The van der Waals surface area contributed by atoms with E-state index in [4.69, 9.17) is 11.5 Å². The van der Waals surface area contributed by atoms with Gasteiger partial charge in [-0.15, -0.1) is 0 Å². The lowest BCUT2D eigenvalue weighted by molar-refractivity contribution is 0.104. The zero-order valence-corrected chi connectivity index (χ0v) is 12.3. The quantitative estimate of drug-likeness (QED) is 0.593. The first-order valence-electron chi connectivity index (χ1n) is 7.30. The topological polar surface area (TPSA) is 94.9 Å². The van der Waals surface area contributed by atoms with Crippen LogP contribution < -0.4 is 11.5 Å². The molecule has 1 aliphatic carbocycles. The highest BCUT2D eigenvalue weighted by Crippen LogP contribution is 2.40. The van der Waals surface area contributed by atoms with Crippen LogP contribution in [0, 0.1) is 0 Å². The summed E-state index contributed by atoms with van der Waals surface area (Å²) in [5.74, 6) is 0.0822. The third-order valence-corrected chi connectivity index (χ3v) is 4.02. The van der Waals surface area contributed by atoms with E-state index < -0.39 is 0 Å². The van der Waals surface area contributed by atoms with Crippen molar-refractivity contribution in [3.8, 4) is 22.5 Å². The van der Waals surface area contributed by atoms with E-state index in [9.17, 15) is 4.79 Å². The first kappa shape index (κ1) is 13.6. The number of benzene rings is 2. The van der Waals surface area contributed by atoms with Gasteiger partial charge in [0, 0.05) is 23.2 Å². The second-order valence-corrected chi connectivity index (χ2v) is 5.43. The van der Waals surface area contributed by atoms with Gasteiger partial charge < -0.3 is 11.5 Å². The van der Waals surface area contributed by atoms with Crippen LogP contribution in [0.5, 0.6) is 0 Å². The number of carbonyl (C=O) groups is 1. The summed E-state index contributed by atoms with van der Waals surface area (Å²) in [6.45, 7) is 0.406. The van der Waals surface area contributed by atoms with Crippen LogP contribution >= 0.6 is 0 Å². The average Bonchev–Trinajstić information content (AvgIpc) is 2.87. The molecule has 1 aliphatic rings. The summed E-state index contributed by atoms with van der Waals surface area (Å²) in [4.78, 5) is 21.5. The molecule has 5 heteroatoms. The van der Waals surface area contributed by atoms with E-state index in [1.165, 1.54) is 0 Å². The Kier molecular flexibility index (Phi) is 2.96. The highest BCUT2D eigenvalue weighted by atomic mass is 16.1. The molecule has 4 N–H and O–H groups in total. The number of rotatable bonds is 2. The average molecular weight is 302 g/mol. The van der Waals surface area contributed by atoms with E-state index in [-0.39, 0.29) is 11.7 Å². The Morgan fingerprint density at radius 2 is 1.65 bits per heavy atom. The van der Waals surface area contributed by atoms with Crippen molar-refractivity contribution in [1.29, 1.82) is 0 Å². The molecule has 112 valence electrons. The first-order chi connectivity index (χ1) is 11.2. The molecule has 3 aromatic rings. The van der Waals surface area contributed by atoms with Crippen LogP contribution in [0.1, 0.15) is 21.5 Å². The SMILES string of the molecule is NCc1ccc2c(c1)-c1nc(N)nc(-c3ccccc3)c1C2=O. The van der Waals surface area contributed by atoms with Crippen LogP contribution in [-0.2, 0) is 6.54 Å². The van der Waals surface area contributed by atoms with Gasteiger partial charge in [0.05, 0.1) is 17.0 Å². The summed E-state index contributed by atoms with van der Waals surface area (Å²) in [6.07, 6.45) is 0. The predicted molar refractivity (Wildman–Crippen MR) is 88.6 cm³/mol. The minimum atomic E-state index is -0.0718. The monoisotopic (exact) mass is 302 g/mol. The zero-order chi connectivity index (χ0) is 16.0. The molecule has 0 saturated carbocycles. The van der Waals surface area contributed by atoms with Gasteiger partial charge in [0.1, 0.15) is 0 Å². The number of nitrogen functional groups attached to an aromatic ring is 1. The van der Waals surface area contributed by atoms with Crippen LogP contribution in [0.25, 0.3) is 22.5 Å². The molecular weight excluding hydrogens is 288 g/mol. The zero-order valence-electron chi connectivity index (χ0n) is 12.3. The minimum Gasteiger partial charge on any atom is -0.368 e. The normalized spacial score (nSPS) is 12.1. The largest absolute Gasteiger partial charge is 0.368 e. The fourth-order valence-electron chi connectivity index (χ4n) is 2.94. The van der Waals surface area contributed by atoms with Crippen LogP contribution in [0.15, 0.2) is 48.5 Å². The summed E-state index contributed by atoms with van der Waals surface area (Å²) in [7, 11) is 0. The van der Waals surface area contributed by atoms with Crippen molar-refractivity contribution in [2.75, 3.05) is 5.73 Å². The number of carbonyl (C=O) groups excluding carboxylic acids is 1. The molecule has 2 aromatic carbocycles. The Morgan fingerprint density at radius 1 is 0.913 bits per heavy atom. The van der Waals surface area contributed by atoms with E-state index >= 15 is 0 Å². The minimum absolute atomic E-state index is 0.0718. The fourth-order valence-corrected chi connectivity index (χ4v) is 2.94. The van der Waals surface area contributed by atoms with Gasteiger partial charge in [0.25, 0.3) is 0 Å². The smallest absolute Gasteiger partial charge is 0.221 e. The van der Waals surface area contributed by atoms with Gasteiger partial charge in [-0.25, -0.2) is 9.97 Å². The van der Waals surface area contributed by atoms with Gasteiger partial charge in [-0.2, -0.15) is 0 Å². The Morgan fingerprint density at radius 3 is 2.39 bits per heavy atom. The van der Waals surface area contributed by atoms with E-state index in [1.54, 1.807) is 6.07 Å². The van der Waals surface area contributed by atoms with Crippen LogP contribution in [-0.4, -0.2) is 15.8 Å². The highest BCUT2D eigenvalue weighted by Gasteiger charge is 2.32. The molecule has 5 nitrogen and oxygen atoms in total. The Bertz CT molecular complexity index is 935. The van der Waals surface area contributed by atoms with E-state index in [2.05, 4.69) is 9.97 Å². The molecule has 4 rings (SSSR count). The van der Waals surface area contributed by atoms with Gasteiger partial charge >= 0.3 is 0 Å². The lowest BCUT2D eigenvalue weighted by atomic mass is 10.0. The Labute approximate surface area is 133 Å². The number of hydrogen-bond donors (Lipinski definition) is 2. The second kappa shape index (κ2) is 5.00. The standard InChI is InChI=1S/C18H14N4O/c19-9-10-6-7-12-13(8-10)16-14(17(12)23)15(21-18(20)22-16)11-4-2-1-3-5-11/h1-8H,9,19H2,(H2,20,21,22). The predicted octanol–water partition coefficient (Wildman–Crippen LogP) is 2.40. The molecule has 1 heterocycles. The van der Waals surface area contributed by atoms with Gasteiger partial charge in [-0.05, 0) is 11.6 Å². The van der Waals surface area contributed by atoms with Gasteiger partial charge in [-0.3, -0.25) is 4.79 Å². The van der Waals surface area contributed by atoms with Gasteiger partial charge in [0.15, 0.2) is 5.78 Å². The fraction of sp³-hybridized carbons (Fsp3) is 0.0556. The van der Waals surface area contributed by atoms with Crippen LogP contribution in [0.4, 0.5) is 5.95 Å². The van der Waals surface area contributed by atoms with Crippen molar-refractivity contribution >= 4 is 11.7 Å². The van der Waals surface area contributed by atoms with Crippen molar-refractivity contribution in [3.63, 3.8) is 0 Å². The molecule has 0 saturated heterocycles. The highest BCUT2D eigenvalue weighted by molar-refractivity contribution is 6.23. The number of anilines is 1. The molecule has 0 aliphatic heterocycles. The summed E-state index contributed by atoms with van der Waals surface area (Å²) in [5.41, 5.74) is 16.5. The van der Waals surface area contributed by atoms with Crippen LogP contribution in [0.2, 0.25) is 0 Å². The van der Waals surface area contributed by atoms with E-state index in [0.29, 0.717) is 29.1 Å². The molecule has 0 radical (unpaired) electrons. The van der Waals surface area contributed by atoms with Gasteiger partial charge in [0.2, 0.25) is 5.95 Å². The molecule has 0 bridgehead atoms. The number of hydrogen-bond acceptors (Lipinski definition) is 5. The first-order valence-corrected chi connectivity index (χ1v) is 7.30. The van der Waals surface area contributed by atoms with Crippen molar-refractivity contribution in [2.24, 2.45) is 5.73 Å². The van der Waals surface area contributed by atoms with Crippen molar-refractivity contribution in [1.82, 2.24) is 9.97 Å². The molecule has 0 atom stereocenters. The molecule has 1 aromatic heterocycles. The molecule has 23 heavy (non-hydrogen) atoms. The summed E-state index contributed by atoms with van der Waals surface area (Å²) < 4.78 is 0. The Hall–Kier alpha value is -3.05. The van der Waals surface area contributed by atoms with Crippen molar-refractivity contribution in [3.05, 3.63) is 65.2 Å². The summed E-state index contributed by atoms with van der Waals surface area (Å²) in [6, 6.07) is 15.1. The number of ketones is 1. The maximum Gasteiger partial charge on any atom is 0.221 e. The number of nitrogens with zero attached hydrogens (tertiary/aromatic N) is 2. The Balaban J connectivity index is 2.02. The molecule has 0 amide bonds. The lowest BCUT2D eigenvalue weighted by Crippen LogP contribution is -2.05. The third-order valence-electron chi connectivity index (χ3n) is 4.02. The van der Waals surface area contributed by atoms with E-state index in [1.807, 2.05) is 42.5 Å². The summed E-state index contributed by atoms with van der Waals surface area (Å²) >= 11 is 0. The maximum absolute atomic E-state index is 12.8. The summed E-state index contributed by atoms with van der Waals surface area (Å²) in [5, 5.41) is 0. The van der Waals surface area contributed by atoms with Gasteiger partial charge in [-0.1, -0.05) is 42.5 Å². The second-order valence-electron chi connectivity index (χ2n) is 5.43. The molecule has 0 spiro atoms. The van der Waals surface area contributed by atoms with Crippen molar-refractivity contribution in [2.45, 2.75) is 6.54 Å². The number of aromatic nitrogens is 2. The molecule has 0 unspecified atom stereocenters. The van der Waals surface area contributed by atoms with Crippen molar-refractivity contribution < 1.29 is 4.79 Å². The van der Waals surface area contributed by atoms with E-state index in [0.717, 1.165) is 16.7 Å². The lowest BCUT2D eigenvalue weighted by Gasteiger charge is -2.07. The third kappa shape index (κ3) is 2.02. The maximum atomic E-state index is 12.8. The number of nitrogens with two attached hydrogens (primary N) is 2. The molecule has 0 fully saturated rings.